The molecule has 4 rings (SSSR count). The Morgan fingerprint density at radius 3 is 2.34 bits per heavy atom. The third-order valence-electron chi connectivity index (χ3n) is 7.97. The van der Waals surface area contributed by atoms with E-state index in [0.717, 1.165) is 68.4 Å². The van der Waals surface area contributed by atoms with Gasteiger partial charge in [0.2, 0.25) is 16.0 Å². The van der Waals surface area contributed by atoms with Gasteiger partial charge in [0.25, 0.3) is 0 Å². The topological polar surface area (TPSA) is 116 Å². The van der Waals surface area contributed by atoms with Crippen LogP contribution in [0.2, 0.25) is 0 Å². The molecule has 212 valence electrons. The molecule has 0 atom stereocenters. The molecular weight excluding hydrogens is 502 g/mol. The first-order chi connectivity index (χ1) is 18.0. The van der Waals surface area contributed by atoms with Gasteiger partial charge in [0.15, 0.2) is 0 Å². The van der Waals surface area contributed by atoms with E-state index in [4.69, 9.17) is 4.98 Å². The molecule has 0 unspecified atom stereocenters. The number of aromatic nitrogens is 4. The molecule has 11 heteroatoms. The fourth-order valence-electron chi connectivity index (χ4n) is 5.87. The first-order valence-electron chi connectivity index (χ1n) is 14.1. The molecule has 1 saturated carbocycles. The molecule has 1 aliphatic carbocycles. The van der Waals surface area contributed by atoms with E-state index in [1.165, 1.54) is 0 Å². The maximum Gasteiger partial charge on any atom is 0.223 e. The minimum Gasteiger partial charge on any atom is -0.389 e. The molecular formula is C27H45N7O3S. The smallest absolute Gasteiger partial charge is 0.223 e. The van der Waals surface area contributed by atoms with Gasteiger partial charge in [0.1, 0.15) is 0 Å². The number of nitrogens with zero attached hydrogens (tertiary/aromatic N) is 6. The molecule has 2 aromatic rings. The Kier molecular flexibility index (Phi) is 9.11. The van der Waals surface area contributed by atoms with Gasteiger partial charge in [-0.2, -0.15) is 5.10 Å². The second-order valence-corrected chi connectivity index (χ2v) is 13.7. The van der Waals surface area contributed by atoms with Crippen LogP contribution in [0.4, 0.5) is 5.95 Å². The van der Waals surface area contributed by atoms with Crippen LogP contribution in [-0.2, 0) is 16.6 Å². The van der Waals surface area contributed by atoms with E-state index in [0.29, 0.717) is 31.6 Å². The zero-order chi connectivity index (χ0) is 27.5. The summed E-state index contributed by atoms with van der Waals surface area (Å²) in [5, 5.41) is 17.6. The highest BCUT2D eigenvalue weighted by Crippen LogP contribution is 2.31. The molecule has 0 radical (unpaired) electrons. The summed E-state index contributed by atoms with van der Waals surface area (Å²) in [6.07, 6.45) is 10.3. The molecule has 38 heavy (non-hydrogen) atoms. The molecule has 0 spiro atoms. The predicted octanol–water partition coefficient (Wildman–Crippen LogP) is 3.28. The van der Waals surface area contributed by atoms with E-state index in [-0.39, 0.29) is 11.3 Å². The number of hydrogen-bond acceptors (Lipinski definition) is 8. The summed E-state index contributed by atoms with van der Waals surface area (Å²) in [6.45, 7) is 13.3. The summed E-state index contributed by atoms with van der Waals surface area (Å²) in [4.78, 5) is 11.7. The highest BCUT2D eigenvalue weighted by Gasteiger charge is 2.37. The van der Waals surface area contributed by atoms with E-state index in [9.17, 15) is 13.5 Å². The van der Waals surface area contributed by atoms with Crippen molar-refractivity contribution >= 4 is 16.0 Å². The molecule has 0 amide bonds. The van der Waals surface area contributed by atoms with Crippen molar-refractivity contribution in [1.82, 2.24) is 29.0 Å². The third-order valence-corrected chi connectivity index (χ3v) is 10.4. The zero-order valence-electron chi connectivity index (χ0n) is 23.6. The molecule has 2 aromatic heterocycles. The van der Waals surface area contributed by atoms with E-state index < -0.39 is 15.6 Å². The number of rotatable bonds is 10. The van der Waals surface area contributed by atoms with Crippen molar-refractivity contribution in [2.75, 3.05) is 31.5 Å². The number of anilines is 1. The maximum atomic E-state index is 13.4. The van der Waals surface area contributed by atoms with Crippen LogP contribution >= 0.6 is 0 Å². The fourth-order valence-corrected chi connectivity index (χ4v) is 7.88. The Balaban J connectivity index is 1.33. The fraction of sp³-hybridized carbons (Fsp3) is 0.741. The average molecular weight is 548 g/mol. The van der Waals surface area contributed by atoms with E-state index in [1.54, 1.807) is 35.2 Å². The van der Waals surface area contributed by atoms with Crippen LogP contribution in [-0.4, -0.2) is 91.6 Å². The number of aryl methyl sites for hydroxylation is 1. The van der Waals surface area contributed by atoms with E-state index in [1.807, 2.05) is 13.1 Å². The summed E-state index contributed by atoms with van der Waals surface area (Å²) in [5.74, 6) is 0.539. The Hall–Kier alpha value is -2.08. The van der Waals surface area contributed by atoms with Crippen molar-refractivity contribution in [2.24, 2.45) is 0 Å². The number of sulfonamides is 1. The van der Waals surface area contributed by atoms with Crippen molar-refractivity contribution in [3.8, 4) is 11.3 Å². The van der Waals surface area contributed by atoms with Gasteiger partial charge in [0, 0.05) is 43.1 Å². The van der Waals surface area contributed by atoms with Crippen LogP contribution in [0.5, 0.6) is 0 Å². The normalized spacial score (nSPS) is 22.2. The number of aliphatic hydroxyl groups is 1. The van der Waals surface area contributed by atoms with Crippen molar-refractivity contribution in [1.29, 1.82) is 0 Å². The molecule has 2 fully saturated rings. The largest absolute Gasteiger partial charge is 0.389 e. The molecule has 2 aliphatic rings. The van der Waals surface area contributed by atoms with Crippen LogP contribution in [0.3, 0.4) is 0 Å². The SMILES string of the molecule is CCN(CC)C1CCC(S(=O)(=O)N2CCC(Nc3ncc(C)c(-c4cnn(CC(C)(C)O)c4)n3)CC2)CC1. The summed E-state index contributed by atoms with van der Waals surface area (Å²) in [6, 6.07) is 0.634. The lowest BCUT2D eigenvalue weighted by molar-refractivity contribution is 0.0577. The highest BCUT2D eigenvalue weighted by atomic mass is 32.2. The highest BCUT2D eigenvalue weighted by molar-refractivity contribution is 7.89. The molecule has 3 heterocycles. The standard InChI is InChI=1S/C27H45N7O3S/c1-6-32(7-2)23-8-10-24(11-9-23)38(36,37)34-14-12-22(13-15-34)30-26-28-16-20(3)25(31-26)21-17-29-33(18-21)19-27(4,5)35/h16-18,22-24,35H,6-15,19H2,1-5H3,(H,28,30,31). The van der Waals surface area contributed by atoms with Gasteiger partial charge in [0.05, 0.1) is 29.3 Å². The maximum absolute atomic E-state index is 13.4. The lowest BCUT2D eigenvalue weighted by atomic mass is 9.94. The van der Waals surface area contributed by atoms with Crippen LogP contribution in [0.25, 0.3) is 11.3 Å². The van der Waals surface area contributed by atoms with Crippen molar-refractivity contribution < 1.29 is 13.5 Å². The molecule has 0 aromatic carbocycles. The quantitative estimate of drug-likeness (QED) is 0.466. The summed E-state index contributed by atoms with van der Waals surface area (Å²) >= 11 is 0. The van der Waals surface area contributed by atoms with Gasteiger partial charge in [-0.3, -0.25) is 4.68 Å². The van der Waals surface area contributed by atoms with Gasteiger partial charge in [-0.15, -0.1) is 0 Å². The van der Waals surface area contributed by atoms with Gasteiger partial charge < -0.3 is 15.3 Å². The first kappa shape index (κ1) is 28.9. The second-order valence-electron chi connectivity index (χ2n) is 11.5. The van der Waals surface area contributed by atoms with Gasteiger partial charge >= 0.3 is 0 Å². The van der Waals surface area contributed by atoms with E-state index >= 15 is 0 Å². The van der Waals surface area contributed by atoms with Gasteiger partial charge in [-0.05, 0) is 77.9 Å². The second kappa shape index (κ2) is 12.0. The lowest BCUT2D eigenvalue weighted by Crippen LogP contribution is -2.48. The van der Waals surface area contributed by atoms with Crippen LogP contribution in [0.1, 0.15) is 71.8 Å². The van der Waals surface area contributed by atoms with Crippen molar-refractivity contribution in [3.63, 3.8) is 0 Å². The number of hydrogen-bond donors (Lipinski definition) is 2. The number of nitrogens with one attached hydrogen (secondary N) is 1. The first-order valence-corrected chi connectivity index (χ1v) is 15.6. The summed E-state index contributed by atoms with van der Waals surface area (Å²) < 4.78 is 30.2. The van der Waals surface area contributed by atoms with Gasteiger partial charge in [-0.25, -0.2) is 22.7 Å². The average Bonchev–Trinajstić information content (AvgIpc) is 3.33. The van der Waals surface area contributed by atoms with Gasteiger partial charge in [-0.1, -0.05) is 13.8 Å². The van der Waals surface area contributed by atoms with E-state index in [2.05, 4.69) is 34.1 Å². The van der Waals surface area contributed by atoms with Crippen molar-refractivity contribution in [3.05, 3.63) is 24.2 Å². The summed E-state index contributed by atoms with van der Waals surface area (Å²) in [7, 11) is -3.27. The molecule has 10 nitrogen and oxygen atoms in total. The minimum absolute atomic E-state index is 0.119. The third kappa shape index (κ3) is 6.91. The zero-order valence-corrected chi connectivity index (χ0v) is 24.4. The van der Waals surface area contributed by atoms with Crippen LogP contribution in [0, 0.1) is 6.92 Å². The molecule has 1 saturated heterocycles. The Labute approximate surface area is 227 Å². The number of piperidine rings is 1. The predicted molar refractivity (Wildman–Crippen MR) is 150 cm³/mol. The Bertz CT molecular complexity index is 1160. The molecule has 0 bridgehead atoms. The van der Waals surface area contributed by atoms with Crippen molar-refractivity contribution in [2.45, 2.75) is 103 Å². The van der Waals surface area contributed by atoms with Crippen LogP contribution in [0.15, 0.2) is 18.6 Å². The molecule has 2 N–H and O–H groups in total. The summed E-state index contributed by atoms with van der Waals surface area (Å²) in [5.41, 5.74) is 1.75. The molecule has 1 aliphatic heterocycles. The Morgan fingerprint density at radius 2 is 1.74 bits per heavy atom. The van der Waals surface area contributed by atoms with Crippen LogP contribution < -0.4 is 5.32 Å². The Morgan fingerprint density at radius 1 is 1.08 bits per heavy atom. The minimum atomic E-state index is -3.27. The monoisotopic (exact) mass is 547 g/mol. The lowest BCUT2D eigenvalue weighted by Gasteiger charge is -2.38.